The minimum Gasteiger partial charge on any atom is -0.383 e. The van der Waals surface area contributed by atoms with E-state index in [0.29, 0.717) is 18.9 Å². The lowest BCUT2D eigenvalue weighted by Crippen LogP contribution is -2.36. The molecule has 0 saturated carbocycles. The Morgan fingerprint density at radius 2 is 2.36 bits per heavy atom. The lowest BCUT2D eigenvalue weighted by molar-refractivity contribution is -0.119. The zero-order chi connectivity index (χ0) is 10.8. The van der Waals surface area contributed by atoms with Crippen molar-refractivity contribution < 1.29 is 9.53 Å². The van der Waals surface area contributed by atoms with E-state index < -0.39 is 0 Å². The molecule has 0 aromatic carbocycles. The summed E-state index contributed by atoms with van der Waals surface area (Å²) in [5, 5.41) is 2.84. The molecule has 0 saturated heterocycles. The maximum absolute atomic E-state index is 11.3. The van der Waals surface area contributed by atoms with Gasteiger partial charge in [0.15, 0.2) is 0 Å². The van der Waals surface area contributed by atoms with E-state index in [0.717, 1.165) is 12.2 Å². The van der Waals surface area contributed by atoms with Gasteiger partial charge in [-0.25, -0.2) is 0 Å². The van der Waals surface area contributed by atoms with E-state index in [1.54, 1.807) is 18.9 Å². The first-order valence-corrected chi connectivity index (χ1v) is 5.92. The second kappa shape index (κ2) is 9.30. The van der Waals surface area contributed by atoms with Crippen molar-refractivity contribution in [1.82, 2.24) is 5.32 Å². The molecule has 1 amide bonds. The average molecular weight is 220 g/mol. The highest BCUT2D eigenvalue weighted by molar-refractivity contribution is 7.99. The number of nitrogens with one attached hydrogen (secondary N) is 1. The number of nitrogens with two attached hydrogens (primary N) is 1. The molecule has 0 radical (unpaired) electrons. The number of hydrogen-bond acceptors (Lipinski definition) is 4. The molecule has 0 fully saturated rings. The zero-order valence-corrected chi connectivity index (χ0v) is 9.73. The van der Waals surface area contributed by atoms with Gasteiger partial charge in [-0.05, 0) is 25.6 Å². The summed E-state index contributed by atoms with van der Waals surface area (Å²) in [5.41, 5.74) is 5.34. The van der Waals surface area contributed by atoms with Crippen LogP contribution in [-0.2, 0) is 9.53 Å². The quantitative estimate of drug-likeness (QED) is 0.574. The lowest BCUT2D eigenvalue weighted by Gasteiger charge is -2.12. The summed E-state index contributed by atoms with van der Waals surface area (Å²) < 4.78 is 4.91. The van der Waals surface area contributed by atoms with E-state index in [4.69, 9.17) is 10.5 Å². The monoisotopic (exact) mass is 220 g/mol. The van der Waals surface area contributed by atoms with Crippen molar-refractivity contribution in [2.24, 2.45) is 5.73 Å². The summed E-state index contributed by atoms with van der Waals surface area (Å²) in [6, 6.07) is 0.0857. The van der Waals surface area contributed by atoms with Crippen LogP contribution in [0.3, 0.4) is 0 Å². The molecule has 1 atom stereocenters. The maximum atomic E-state index is 11.3. The highest BCUT2D eigenvalue weighted by Crippen LogP contribution is 2.00. The van der Waals surface area contributed by atoms with Gasteiger partial charge in [0.1, 0.15) is 0 Å². The van der Waals surface area contributed by atoms with Crippen molar-refractivity contribution in [3.05, 3.63) is 0 Å². The number of amides is 1. The van der Waals surface area contributed by atoms with Crippen molar-refractivity contribution >= 4 is 17.7 Å². The first kappa shape index (κ1) is 13.7. The Bertz CT molecular complexity index is 156. The Kier molecular flexibility index (Phi) is 9.13. The van der Waals surface area contributed by atoms with Crippen LogP contribution in [0, 0.1) is 0 Å². The maximum Gasteiger partial charge on any atom is 0.230 e. The molecule has 5 heteroatoms. The van der Waals surface area contributed by atoms with Gasteiger partial charge < -0.3 is 15.8 Å². The summed E-state index contributed by atoms with van der Waals surface area (Å²) in [5.74, 6) is 1.52. The Hall–Kier alpha value is -0.260. The first-order chi connectivity index (χ1) is 6.70. The third-order valence-corrected chi connectivity index (χ3v) is 2.59. The van der Waals surface area contributed by atoms with Gasteiger partial charge in [-0.15, -0.1) is 0 Å². The lowest BCUT2D eigenvalue weighted by atomic mass is 10.3. The topological polar surface area (TPSA) is 64.3 Å². The molecule has 0 spiro atoms. The second-order valence-corrected chi connectivity index (χ2v) is 4.22. The van der Waals surface area contributed by atoms with Gasteiger partial charge in [-0.1, -0.05) is 0 Å². The largest absolute Gasteiger partial charge is 0.383 e. The zero-order valence-electron chi connectivity index (χ0n) is 8.91. The summed E-state index contributed by atoms with van der Waals surface area (Å²) in [6.07, 6.45) is 0.964. The van der Waals surface area contributed by atoms with Crippen LogP contribution < -0.4 is 11.1 Å². The molecule has 0 bridgehead atoms. The highest BCUT2D eigenvalue weighted by atomic mass is 32.2. The van der Waals surface area contributed by atoms with Gasteiger partial charge in [-0.3, -0.25) is 4.79 Å². The van der Waals surface area contributed by atoms with Crippen molar-refractivity contribution in [1.29, 1.82) is 0 Å². The van der Waals surface area contributed by atoms with Gasteiger partial charge in [0.2, 0.25) is 5.91 Å². The highest BCUT2D eigenvalue weighted by Gasteiger charge is 2.06. The van der Waals surface area contributed by atoms with Gasteiger partial charge in [-0.2, -0.15) is 11.8 Å². The minimum absolute atomic E-state index is 0.0663. The summed E-state index contributed by atoms with van der Waals surface area (Å²) in [6.45, 7) is 3.17. The van der Waals surface area contributed by atoms with Crippen LogP contribution in [0.4, 0.5) is 0 Å². The SMILES string of the molecule is COCC(C)NC(=O)CSCCCN. The molecule has 0 aliphatic rings. The molecule has 0 aliphatic heterocycles. The second-order valence-electron chi connectivity index (χ2n) is 3.12. The van der Waals surface area contributed by atoms with E-state index in [-0.39, 0.29) is 11.9 Å². The van der Waals surface area contributed by atoms with Crippen LogP contribution in [0.5, 0.6) is 0 Å². The van der Waals surface area contributed by atoms with E-state index in [9.17, 15) is 4.79 Å². The fourth-order valence-corrected chi connectivity index (χ4v) is 1.74. The Balaban J connectivity index is 3.35. The van der Waals surface area contributed by atoms with E-state index in [1.165, 1.54) is 0 Å². The number of ether oxygens (including phenoxy) is 1. The number of rotatable bonds is 8. The van der Waals surface area contributed by atoms with E-state index in [2.05, 4.69) is 5.32 Å². The average Bonchev–Trinajstić information content (AvgIpc) is 2.13. The smallest absolute Gasteiger partial charge is 0.230 e. The molecular weight excluding hydrogens is 200 g/mol. The molecule has 0 aromatic rings. The molecule has 14 heavy (non-hydrogen) atoms. The van der Waals surface area contributed by atoms with E-state index in [1.807, 2.05) is 6.92 Å². The Morgan fingerprint density at radius 3 is 2.93 bits per heavy atom. The number of carbonyl (C=O) groups is 1. The first-order valence-electron chi connectivity index (χ1n) is 4.76. The molecule has 0 aliphatic carbocycles. The van der Waals surface area contributed by atoms with Crippen molar-refractivity contribution in [2.75, 3.05) is 31.8 Å². The van der Waals surface area contributed by atoms with Crippen molar-refractivity contribution in [3.63, 3.8) is 0 Å². The molecule has 84 valence electrons. The molecule has 0 rings (SSSR count). The minimum atomic E-state index is 0.0663. The summed E-state index contributed by atoms with van der Waals surface area (Å²) >= 11 is 1.61. The van der Waals surface area contributed by atoms with Crippen molar-refractivity contribution in [2.45, 2.75) is 19.4 Å². The van der Waals surface area contributed by atoms with Crippen LogP contribution in [0.15, 0.2) is 0 Å². The predicted molar refractivity (Wildman–Crippen MR) is 60.5 cm³/mol. The van der Waals surface area contributed by atoms with Crippen LogP contribution in [0.25, 0.3) is 0 Å². The van der Waals surface area contributed by atoms with Crippen molar-refractivity contribution in [3.8, 4) is 0 Å². The fraction of sp³-hybridized carbons (Fsp3) is 0.889. The fourth-order valence-electron chi connectivity index (χ4n) is 0.958. The van der Waals surface area contributed by atoms with Crippen LogP contribution in [0.1, 0.15) is 13.3 Å². The van der Waals surface area contributed by atoms with Gasteiger partial charge in [0.25, 0.3) is 0 Å². The molecule has 4 nitrogen and oxygen atoms in total. The summed E-state index contributed by atoms with van der Waals surface area (Å²) in [4.78, 5) is 11.3. The van der Waals surface area contributed by atoms with Gasteiger partial charge in [0.05, 0.1) is 12.4 Å². The molecule has 0 heterocycles. The Morgan fingerprint density at radius 1 is 1.64 bits per heavy atom. The normalized spacial score (nSPS) is 12.5. The number of methoxy groups -OCH3 is 1. The number of hydrogen-bond donors (Lipinski definition) is 2. The number of carbonyl (C=O) groups excluding carboxylic acids is 1. The van der Waals surface area contributed by atoms with E-state index >= 15 is 0 Å². The Labute approximate surface area is 89.9 Å². The third-order valence-electron chi connectivity index (χ3n) is 1.55. The predicted octanol–water partition coefficient (Wildman–Crippen LogP) is 0.220. The third kappa shape index (κ3) is 8.34. The summed E-state index contributed by atoms with van der Waals surface area (Å²) in [7, 11) is 1.62. The molecule has 0 aromatic heterocycles. The molecule has 3 N–H and O–H groups in total. The van der Waals surface area contributed by atoms with Gasteiger partial charge in [0, 0.05) is 13.2 Å². The van der Waals surface area contributed by atoms with Crippen LogP contribution in [0.2, 0.25) is 0 Å². The molecular formula is C9H20N2O2S. The van der Waals surface area contributed by atoms with Crippen LogP contribution >= 0.6 is 11.8 Å². The number of thioether (sulfide) groups is 1. The molecule has 1 unspecified atom stereocenters. The standard InChI is InChI=1S/C9H20N2O2S/c1-8(6-13-2)11-9(12)7-14-5-3-4-10/h8H,3-7,10H2,1-2H3,(H,11,12). The van der Waals surface area contributed by atoms with Crippen LogP contribution in [-0.4, -0.2) is 43.7 Å². The van der Waals surface area contributed by atoms with Gasteiger partial charge >= 0.3 is 0 Å².